The van der Waals surface area contributed by atoms with Gasteiger partial charge in [0.05, 0.1) is 11.5 Å². The quantitative estimate of drug-likeness (QED) is 0.902. The molecule has 1 saturated heterocycles. The number of hydrogen-bond donors (Lipinski definition) is 1. The number of thioether (sulfide) groups is 1. The molecule has 1 fully saturated rings. The summed E-state index contributed by atoms with van der Waals surface area (Å²) in [6.45, 7) is 1.75. The molecule has 5 heteroatoms. The molecule has 0 unspecified atom stereocenters. The van der Waals surface area contributed by atoms with Gasteiger partial charge >= 0.3 is 0 Å². The maximum absolute atomic E-state index is 12.0. The van der Waals surface area contributed by atoms with Gasteiger partial charge in [0, 0.05) is 18.8 Å². The van der Waals surface area contributed by atoms with Crippen molar-refractivity contribution in [2.45, 2.75) is 38.5 Å². The van der Waals surface area contributed by atoms with Crippen molar-refractivity contribution >= 4 is 29.3 Å². The Hall–Kier alpha value is -1.49. The fraction of sp³-hybridized carbons (Fsp3) is 0.556. The second kappa shape index (κ2) is 7.86. The second-order valence-corrected chi connectivity index (χ2v) is 7.31. The first-order chi connectivity index (χ1) is 11.2. The molecular formula is C18H24N2O2S. The first-order valence-electron chi connectivity index (χ1n) is 8.49. The van der Waals surface area contributed by atoms with Gasteiger partial charge < -0.3 is 10.2 Å². The first-order valence-corrected chi connectivity index (χ1v) is 9.65. The van der Waals surface area contributed by atoms with E-state index in [9.17, 15) is 9.59 Å². The lowest BCUT2D eigenvalue weighted by Crippen LogP contribution is -2.37. The van der Waals surface area contributed by atoms with Crippen molar-refractivity contribution in [1.82, 2.24) is 4.90 Å². The van der Waals surface area contributed by atoms with Crippen LogP contribution in [0.4, 0.5) is 5.69 Å². The number of hydrogen-bond acceptors (Lipinski definition) is 3. The summed E-state index contributed by atoms with van der Waals surface area (Å²) in [4.78, 5) is 26.0. The highest BCUT2D eigenvalue weighted by atomic mass is 32.2. The molecule has 23 heavy (non-hydrogen) atoms. The first kappa shape index (κ1) is 16.4. The molecule has 0 spiro atoms. The smallest absolute Gasteiger partial charge is 0.234 e. The fourth-order valence-corrected chi connectivity index (χ4v) is 4.03. The van der Waals surface area contributed by atoms with Gasteiger partial charge in [0.1, 0.15) is 0 Å². The Bertz CT molecular complexity index is 582. The molecule has 0 radical (unpaired) electrons. The molecule has 0 aromatic heterocycles. The van der Waals surface area contributed by atoms with E-state index in [-0.39, 0.29) is 11.8 Å². The van der Waals surface area contributed by atoms with Gasteiger partial charge in [-0.3, -0.25) is 9.59 Å². The maximum Gasteiger partial charge on any atom is 0.234 e. The Labute approximate surface area is 142 Å². The van der Waals surface area contributed by atoms with Crippen LogP contribution in [0.25, 0.3) is 0 Å². The van der Waals surface area contributed by atoms with E-state index in [1.165, 1.54) is 35.7 Å². The standard InChI is InChI=1S/C18H24N2O2S/c21-17(12-23-13-18(22)20-9-2-1-3-10-20)19-16-8-7-14-5-4-6-15(14)11-16/h7-8,11H,1-6,9-10,12-13H2,(H,19,21). The van der Waals surface area contributed by atoms with Gasteiger partial charge in [0.15, 0.2) is 0 Å². The van der Waals surface area contributed by atoms with Crippen LogP contribution in [0, 0.1) is 0 Å². The summed E-state index contributed by atoms with van der Waals surface area (Å²) in [5, 5.41) is 2.94. The maximum atomic E-state index is 12.0. The Morgan fingerprint density at radius 2 is 1.78 bits per heavy atom. The summed E-state index contributed by atoms with van der Waals surface area (Å²) in [7, 11) is 0. The zero-order chi connectivity index (χ0) is 16.1. The van der Waals surface area contributed by atoms with Crippen molar-refractivity contribution in [3.05, 3.63) is 29.3 Å². The minimum absolute atomic E-state index is 0.0283. The number of nitrogens with one attached hydrogen (secondary N) is 1. The van der Waals surface area contributed by atoms with E-state index < -0.39 is 0 Å². The molecule has 1 N–H and O–H groups in total. The number of nitrogens with zero attached hydrogens (tertiary/aromatic N) is 1. The summed E-state index contributed by atoms with van der Waals surface area (Å²) in [5.41, 5.74) is 3.64. The van der Waals surface area contributed by atoms with Crippen LogP contribution in [0.15, 0.2) is 18.2 Å². The van der Waals surface area contributed by atoms with E-state index >= 15 is 0 Å². The lowest BCUT2D eigenvalue weighted by Gasteiger charge is -2.26. The van der Waals surface area contributed by atoms with Crippen molar-refractivity contribution in [1.29, 1.82) is 0 Å². The Balaban J connectivity index is 1.40. The second-order valence-electron chi connectivity index (χ2n) is 6.32. The van der Waals surface area contributed by atoms with E-state index in [0.29, 0.717) is 11.5 Å². The minimum Gasteiger partial charge on any atom is -0.342 e. The predicted molar refractivity (Wildman–Crippen MR) is 94.9 cm³/mol. The number of piperidine rings is 1. The summed E-state index contributed by atoms with van der Waals surface area (Å²) in [5.74, 6) is 0.869. The third kappa shape index (κ3) is 4.50. The van der Waals surface area contributed by atoms with Crippen LogP contribution in [0.3, 0.4) is 0 Å². The monoisotopic (exact) mass is 332 g/mol. The number of carbonyl (C=O) groups excluding carboxylic acids is 2. The number of amides is 2. The summed E-state index contributed by atoms with van der Waals surface area (Å²) < 4.78 is 0. The van der Waals surface area contributed by atoms with E-state index in [4.69, 9.17) is 0 Å². The van der Waals surface area contributed by atoms with E-state index in [2.05, 4.69) is 17.4 Å². The van der Waals surface area contributed by atoms with Crippen molar-refractivity contribution in [2.24, 2.45) is 0 Å². The number of carbonyl (C=O) groups is 2. The summed E-state index contributed by atoms with van der Waals surface area (Å²) in [6.07, 6.45) is 6.90. The van der Waals surface area contributed by atoms with Crippen LogP contribution in [0.5, 0.6) is 0 Å². The molecule has 0 atom stereocenters. The lowest BCUT2D eigenvalue weighted by atomic mass is 10.1. The molecule has 124 valence electrons. The van der Waals surface area contributed by atoms with Crippen LogP contribution < -0.4 is 5.32 Å². The molecule has 1 aliphatic carbocycles. The van der Waals surface area contributed by atoms with Gasteiger partial charge in [-0.1, -0.05) is 6.07 Å². The topological polar surface area (TPSA) is 49.4 Å². The fourth-order valence-electron chi connectivity index (χ4n) is 3.31. The molecule has 0 bridgehead atoms. The Kier molecular flexibility index (Phi) is 5.60. The van der Waals surface area contributed by atoms with E-state index in [1.807, 2.05) is 11.0 Å². The van der Waals surface area contributed by atoms with E-state index in [0.717, 1.165) is 44.5 Å². The molecule has 3 rings (SSSR count). The largest absolute Gasteiger partial charge is 0.342 e. The molecule has 2 amide bonds. The van der Waals surface area contributed by atoms with Gasteiger partial charge in [-0.05, 0) is 61.8 Å². The molecule has 4 nitrogen and oxygen atoms in total. The number of benzene rings is 1. The normalized spacial score (nSPS) is 17.0. The van der Waals surface area contributed by atoms with Crippen molar-refractivity contribution < 1.29 is 9.59 Å². The Morgan fingerprint density at radius 1 is 1.00 bits per heavy atom. The van der Waals surface area contributed by atoms with Crippen LogP contribution in [0.1, 0.15) is 36.8 Å². The van der Waals surface area contributed by atoms with Crippen LogP contribution >= 0.6 is 11.8 Å². The van der Waals surface area contributed by atoms with Gasteiger partial charge in [-0.15, -0.1) is 11.8 Å². The summed E-state index contributed by atoms with van der Waals surface area (Å²) in [6, 6.07) is 6.18. The number of fused-ring (bicyclic) bond motifs is 1. The average molecular weight is 332 g/mol. The van der Waals surface area contributed by atoms with Gasteiger partial charge in [0.2, 0.25) is 11.8 Å². The molecule has 1 aromatic rings. The van der Waals surface area contributed by atoms with E-state index in [1.54, 1.807) is 0 Å². The molecule has 1 aliphatic heterocycles. The SMILES string of the molecule is O=C(CSCC(=O)N1CCCCC1)Nc1ccc2c(c1)CCC2. The molecule has 2 aliphatic rings. The number of likely N-dealkylation sites (tertiary alicyclic amines) is 1. The highest BCUT2D eigenvalue weighted by molar-refractivity contribution is 8.00. The highest BCUT2D eigenvalue weighted by Gasteiger charge is 2.17. The van der Waals surface area contributed by atoms with Crippen LogP contribution in [-0.2, 0) is 22.4 Å². The zero-order valence-corrected chi connectivity index (χ0v) is 14.3. The van der Waals surface area contributed by atoms with Gasteiger partial charge in [-0.25, -0.2) is 0 Å². The summed E-state index contributed by atoms with van der Waals surface area (Å²) >= 11 is 1.40. The molecule has 1 heterocycles. The van der Waals surface area contributed by atoms with Gasteiger partial charge in [-0.2, -0.15) is 0 Å². The zero-order valence-electron chi connectivity index (χ0n) is 13.5. The van der Waals surface area contributed by atoms with Crippen LogP contribution in [-0.4, -0.2) is 41.3 Å². The molecular weight excluding hydrogens is 308 g/mol. The Morgan fingerprint density at radius 3 is 2.61 bits per heavy atom. The number of anilines is 1. The van der Waals surface area contributed by atoms with Crippen molar-refractivity contribution in [3.63, 3.8) is 0 Å². The predicted octanol–water partition coefficient (Wildman–Crippen LogP) is 2.86. The molecule has 1 aromatic carbocycles. The highest BCUT2D eigenvalue weighted by Crippen LogP contribution is 2.25. The third-order valence-electron chi connectivity index (χ3n) is 4.55. The van der Waals surface area contributed by atoms with Crippen molar-refractivity contribution in [2.75, 3.05) is 29.9 Å². The lowest BCUT2D eigenvalue weighted by molar-refractivity contribution is -0.129. The molecule has 0 saturated carbocycles. The number of aryl methyl sites for hydroxylation is 2. The van der Waals surface area contributed by atoms with Gasteiger partial charge in [0.25, 0.3) is 0 Å². The average Bonchev–Trinajstić information content (AvgIpc) is 3.03. The third-order valence-corrected chi connectivity index (χ3v) is 5.47. The minimum atomic E-state index is -0.0283. The van der Waals surface area contributed by atoms with Crippen molar-refractivity contribution in [3.8, 4) is 0 Å². The number of rotatable bonds is 5. The van der Waals surface area contributed by atoms with Crippen LogP contribution in [0.2, 0.25) is 0 Å².